The molecule has 2 amide bonds. The van der Waals surface area contributed by atoms with Gasteiger partial charge in [-0.3, -0.25) is 4.79 Å². The van der Waals surface area contributed by atoms with Crippen LogP contribution in [0, 0.1) is 0 Å². The molecule has 0 bridgehead atoms. The molecule has 2 atom stereocenters. The Bertz CT molecular complexity index is 896. The molecule has 0 saturated heterocycles. The molecule has 0 heterocycles. The first-order valence-corrected chi connectivity index (χ1v) is 10.7. The second kappa shape index (κ2) is 12.5. The van der Waals surface area contributed by atoms with Gasteiger partial charge in [-0.15, -0.1) is 0 Å². The van der Waals surface area contributed by atoms with Crippen molar-refractivity contribution in [2.24, 2.45) is 0 Å². The minimum atomic E-state index is -0.798. The van der Waals surface area contributed by atoms with Gasteiger partial charge >= 0.3 is 18.2 Å². The Balaban J connectivity index is 2.18. The van der Waals surface area contributed by atoms with Crippen LogP contribution >= 0.6 is 0 Å². The molecule has 33 heavy (non-hydrogen) atoms. The average Bonchev–Trinajstić information content (AvgIpc) is 2.77. The largest absolute Gasteiger partial charge is 0.469 e. The van der Waals surface area contributed by atoms with E-state index >= 15 is 0 Å². The van der Waals surface area contributed by atoms with Gasteiger partial charge in [0, 0.05) is 0 Å². The van der Waals surface area contributed by atoms with E-state index < -0.39 is 35.8 Å². The zero-order valence-electron chi connectivity index (χ0n) is 19.5. The Kier molecular flexibility index (Phi) is 9.72. The third-order valence-corrected chi connectivity index (χ3v) is 4.62. The van der Waals surface area contributed by atoms with Gasteiger partial charge in [0.15, 0.2) is 0 Å². The van der Waals surface area contributed by atoms with Crippen LogP contribution in [0.1, 0.15) is 38.3 Å². The maximum Gasteiger partial charge on any atom is 0.407 e. The molecule has 2 rings (SSSR count). The van der Waals surface area contributed by atoms with Gasteiger partial charge < -0.3 is 24.8 Å². The zero-order chi connectivity index (χ0) is 24.3. The molecule has 0 radical (unpaired) electrons. The minimum absolute atomic E-state index is 0.0699. The van der Waals surface area contributed by atoms with Gasteiger partial charge in [-0.05, 0) is 38.3 Å². The van der Waals surface area contributed by atoms with Gasteiger partial charge in [0.1, 0.15) is 12.2 Å². The maximum absolute atomic E-state index is 12.5. The van der Waals surface area contributed by atoms with Crippen molar-refractivity contribution in [2.45, 2.75) is 57.9 Å². The lowest BCUT2D eigenvalue weighted by Gasteiger charge is -2.29. The average molecular weight is 457 g/mol. The van der Waals surface area contributed by atoms with E-state index in [2.05, 4.69) is 10.6 Å². The second-order valence-corrected chi connectivity index (χ2v) is 8.54. The highest BCUT2D eigenvalue weighted by molar-refractivity contribution is 5.74. The molecule has 0 aliphatic rings. The second-order valence-electron chi connectivity index (χ2n) is 8.54. The lowest BCUT2D eigenvalue weighted by atomic mass is 9.97. The molecular weight excluding hydrogens is 424 g/mol. The van der Waals surface area contributed by atoms with Crippen LogP contribution in [-0.4, -0.2) is 43.0 Å². The van der Waals surface area contributed by atoms with Crippen LogP contribution in [-0.2, 0) is 32.0 Å². The molecular formula is C25H32N2O6. The molecule has 0 spiro atoms. The Morgan fingerprint density at radius 3 is 1.91 bits per heavy atom. The van der Waals surface area contributed by atoms with E-state index in [1.54, 1.807) is 20.8 Å². The van der Waals surface area contributed by atoms with Gasteiger partial charge in [-0.2, -0.15) is 0 Å². The number of hydrogen-bond donors (Lipinski definition) is 2. The van der Waals surface area contributed by atoms with Crippen molar-refractivity contribution in [3.8, 4) is 0 Å². The fourth-order valence-electron chi connectivity index (χ4n) is 3.09. The van der Waals surface area contributed by atoms with Gasteiger partial charge in [0.05, 0.1) is 25.6 Å². The van der Waals surface area contributed by atoms with E-state index in [1.165, 1.54) is 7.11 Å². The first kappa shape index (κ1) is 25.7. The van der Waals surface area contributed by atoms with E-state index in [1.807, 2.05) is 60.7 Å². The third kappa shape index (κ3) is 10.1. The van der Waals surface area contributed by atoms with Crippen LogP contribution in [0.3, 0.4) is 0 Å². The van der Waals surface area contributed by atoms with Crippen LogP contribution in [0.5, 0.6) is 0 Å². The van der Waals surface area contributed by atoms with Crippen molar-refractivity contribution in [2.75, 3.05) is 7.11 Å². The minimum Gasteiger partial charge on any atom is -0.469 e. The summed E-state index contributed by atoms with van der Waals surface area (Å²) in [6.07, 6.45) is -1.18. The number of benzene rings is 2. The number of methoxy groups -OCH3 is 1. The van der Waals surface area contributed by atoms with Gasteiger partial charge in [-0.1, -0.05) is 60.7 Å². The summed E-state index contributed by atoms with van der Waals surface area (Å²) in [5, 5.41) is 5.50. The van der Waals surface area contributed by atoms with E-state index in [9.17, 15) is 14.4 Å². The van der Waals surface area contributed by atoms with Crippen molar-refractivity contribution in [1.29, 1.82) is 0 Å². The van der Waals surface area contributed by atoms with Gasteiger partial charge in [0.25, 0.3) is 0 Å². The van der Waals surface area contributed by atoms with Crippen molar-refractivity contribution < 1.29 is 28.6 Å². The maximum atomic E-state index is 12.5. The van der Waals surface area contributed by atoms with E-state index in [-0.39, 0.29) is 13.0 Å². The SMILES string of the molecule is COC(=O)C[C@H](NC(=O)OCc1ccccc1)[C@H](Cc1ccccc1)NC(=O)OC(C)(C)C. The molecule has 2 N–H and O–H groups in total. The van der Waals surface area contributed by atoms with Crippen molar-refractivity contribution in [1.82, 2.24) is 10.6 Å². The van der Waals surface area contributed by atoms with Crippen molar-refractivity contribution in [3.05, 3.63) is 71.8 Å². The number of esters is 1. The Labute approximate surface area is 194 Å². The standard InChI is InChI=1S/C25H32N2O6/c1-25(2,3)33-24(30)27-20(15-18-11-7-5-8-12-18)21(16-22(28)31-4)26-23(29)32-17-19-13-9-6-10-14-19/h5-14,20-21H,15-17H2,1-4H3,(H,26,29)(H,27,30)/t20-,21-/m0/s1. The number of carbonyl (C=O) groups is 3. The van der Waals surface area contributed by atoms with Crippen LogP contribution < -0.4 is 10.6 Å². The third-order valence-electron chi connectivity index (χ3n) is 4.62. The number of carbonyl (C=O) groups excluding carboxylic acids is 3. The summed E-state index contributed by atoms with van der Waals surface area (Å²) in [6.45, 7) is 5.33. The molecule has 0 unspecified atom stereocenters. The number of amides is 2. The lowest BCUT2D eigenvalue weighted by Crippen LogP contribution is -2.54. The molecule has 0 aromatic heterocycles. The topological polar surface area (TPSA) is 103 Å². The molecule has 8 nitrogen and oxygen atoms in total. The Hall–Kier alpha value is -3.55. The highest BCUT2D eigenvalue weighted by Gasteiger charge is 2.30. The molecule has 0 aliphatic heterocycles. The van der Waals surface area contributed by atoms with E-state index in [0.717, 1.165) is 11.1 Å². The molecule has 178 valence electrons. The lowest BCUT2D eigenvalue weighted by molar-refractivity contribution is -0.141. The predicted octanol–water partition coefficient (Wildman–Crippen LogP) is 3.98. The molecule has 8 heteroatoms. The number of rotatable bonds is 9. The highest BCUT2D eigenvalue weighted by atomic mass is 16.6. The number of ether oxygens (including phenoxy) is 3. The first-order valence-electron chi connectivity index (χ1n) is 10.7. The monoisotopic (exact) mass is 456 g/mol. The molecule has 0 fully saturated rings. The predicted molar refractivity (Wildman–Crippen MR) is 123 cm³/mol. The Morgan fingerprint density at radius 1 is 0.818 bits per heavy atom. The summed E-state index contributed by atoms with van der Waals surface area (Å²) in [5.41, 5.74) is 1.03. The first-order chi connectivity index (χ1) is 15.7. The van der Waals surface area contributed by atoms with Crippen LogP contribution in [0.4, 0.5) is 9.59 Å². The van der Waals surface area contributed by atoms with Crippen molar-refractivity contribution in [3.63, 3.8) is 0 Å². The molecule has 2 aromatic rings. The fourth-order valence-corrected chi connectivity index (χ4v) is 3.09. The van der Waals surface area contributed by atoms with Crippen LogP contribution in [0.15, 0.2) is 60.7 Å². The summed E-state index contributed by atoms with van der Waals surface area (Å²) >= 11 is 0. The summed E-state index contributed by atoms with van der Waals surface area (Å²) < 4.78 is 15.5. The smallest absolute Gasteiger partial charge is 0.407 e. The summed E-state index contributed by atoms with van der Waals surface area (Å²) in [5.74, 6) is -0.535. The fraction of sp³-hybridized carbons (Fsp3) is 0.400. The quantitative estimate of drug-likeness (QED) is 0.437. The highest BCUT2D eigenvalue weighted by Crippen LogP contribution is 2.13. The van der Waals surface area contributed by atoms with E-state index in [0.29, 0.717) is 6.42 Å². The van der Waals surface area contributed by atoms with Gasteiger partial charge in [0.2, 0.25) is 0 Å². The zero-order valence-corrected chi connectivity index (χ0v) is 19.5. The van der Waals surface area contributed by atoms with E-state index in [4.69, 9.17) is 14.2 Å². The summed E-state index contributed by atoms with van der Waals surface area (Å²) in [7, 11) is 1.26. The van der Waals surface area contributed by atoms with Crippen LogP contribution in [0.2, 0.25) is 0 Å². The number of hydrogen-bond acceptors (Lipinski definition) is 6. The summed E-state index contributed by atoms with van der Waals surface area (Å²) in [6, 6.07) is 17.2. The van der Waals surface area contributed by atoms with Crippen LogP contribution in [0.25, 0.3) is 0 Å². The Morgan fingerprint density at radius 2 is 1.36 bits per heavy atom. The molecule has 0 saturated carbocycles. The molecule has 2 aromatic carbocycles. The van der Waals surface area contributed by atoms with Crippen molar-refractivity contribution >= 4 is 18.2 Å². The normalized spacial score (nSPS) is 12.7. The molecule has 0 aliphatic carbocycles. The summed E-state index contributed by atoms with van der Waals surface area (Å²) in [4.78, 5) is 37.2. The number of alkyl carbamates (subject to hydrolysis) is 2. The van der Waals surface area contributed by atoms with Gasteiger partial charge in [-0.25, -0.2) is 9.59 Å². The number of nitrogens with one attached hydrogen (secondary N) is 2.